The van der Waals surface area contributed by atoms with Crippen molar-refractivity contribution in [3.63, 3.8) is 0 Å². The molecular weight excluding hydrogens is 344 g/mol. The summed E-state index contributed by atoms with van der Waals surface area (Å²) >= 11 is 0. The Balaban J connectivity index is 1.52. The molecule has 27 heavy (non-hydrogen) atoms. The van der Waals surface area contributed by atoms with Crippen molar-refractivity contribution >= 4 is 17.5 Å². The van der Waals surface area contributed by atoms with Crippen molar-refractivity contribution in [1.82, 2.24) is 19.5 Å². The van der Waals surface area contributed by atoms with Crippen LogP contribution in [0.1, 0.15) is 55.1 Å². The molecule has 0 aliphatic carbocycles. The second kappa shape index (κ2) is 7.26. The molecule has 1 unspecified atom stereocenters. The van der Waals surface area contributed by atoms with E-state index in [2.05, 4.69) is 31.7 Å². The lowest BCUT2D eigenvalue weighted by Gasteiger charge is -2.35. The molecule has 8 heteroatoms. The highest BCUT2D eigenvalue weighted by Crippen LogP contribution is 2.38. The Morgan fingerprint density at radius 3 is 2.81 bits per heavy atom. The minimum Gasteiger partial charge on any atom is -0.395 e. The Morgan fingerprint density at radius 1 is 1.30 bits per heavy atom. The number of carbonyl (C=O) groups is 1. The Kier molecular flexibility index (Phi) is 4.82. The molecule has 2 aliphatic rings. The second-order valence-electron chi connectivity index (χ2n) is 7.53. The molecule has 2 aliphatic heterocycles. The summed E-state index contributed by atoms with van der Waals surface area (Å²) in [5.74, 6) is 3.20. The lowest BCUT2D eigenvalue weighted by molar-refractivity contribution is -0.116. The highest BCUT2D eigenvalue weighted by atomic mass is 16.3. The van der Waals surface area contributed by atoms with Gasteiger partial charge in [-0.2, -0.15) is 0 Å². The van der Waals surface area contributed by atoms with Crippen molar-refractivity contribution in [2.45, 2.75) is 51.5 Å². The molecule has 4 heterocycles. The SMILES string of the molecule is Cc1cn(CCO)c(C2CCN(c3ncnc4c3C(C)CC(=O)N4)CC2)n1. The monoisotopic (exact) mass is 370 g/mol. The number of nitrogens with one attached hydrogen (secondary N) is 1. The van der Waals surface area contributed by atoms with Crippen molar-refractivity contribution in [3.05, 3.63) is 29.6 Å². The Hall–Kier alpha value is -2.48. The predicted molar refractivity (Wildman–Crippen MR) is 102 cm³/mol. The van der Waals surface area contributed by atoms with Crippen molar-refractivity contribution < 1.29 is 9.90 Å². The number of nitrogens with zero attached hydrogens (tertiary/aromatic N) is 5. The number of hydrogen-bond donors (Lipinski definition) is 2. The molecule has 1 saturated heterocycles. The van der Waals surface area contributed by atoms with Gasteiger partial charge in [0.05, 0.1) is 12.3 Å². The van der Waals surface area contributed by atoms with Gasteiger partial charge in [-0.15, -0.1) is 0 Å². The van der Waals surface area contributed by atoms with E-state index >= 15 is 0 Å². The quantitative estimate of drug-likeness (QED) is 0.852. The van der Waals surface area contributed by atoms with Gasteiger partial charge >= 0.3 is 0 Å². The fourth-order valence-electron chi connectivity index (χ4n) is 4.28. The molecule has 0 aromatic carbocycles. The molecule has 0 saturated carbocycles. The van der Waals surface area contributed by atoms with Gasteiger partial charge in [-0.05, 0) is 25.7 Å². The second-order valence-corrected chi connectivity index (χ2v) is 7.53. The fourth-order valence-corrected chi connectivity index (χ4v) is 4.28. The Bertz CT molecular complexity index is 841. The summed E-state index contributed by atoms with van der Waals surface area (Å²) in [4.78, 5) is 27.6. The number of aliphatic hydroxyl groups excluding tert-OH is 1. The maximum absolute atomic E-state index is 11.8. The van der Waals surface area contributed by atoms with Crippen LogP contribution in [0.25, 0.3) is 0 Å². The van der Waals surface area contributed by atoms with E-state index in [1.807, 2.05) is 13.1 Å². The molecule has 2 N–H and O–H groups in total. The zero-order valence-corrected chi connectivity index (χ0v) is 15.9. The number of amides is 1. The van der Waals surface area contributed by atoms with Gasteiger partial charge in [0.15, 0.2) is 0 Å². The zero-order chi connectivity index (χ0) is 19.0. The van der Waals surface area contributed by atoms with Gasteiger partial charge in [-0.1, -0.05) is 6.92 Å². The highest BCUT2D eigenvalue weighted by Gasteiger charge is 2.31. The van der Waals surface area contributed by atoms with E-state index in [1.54, 1.807) is 0 Å². The summed E-state index contributed by atoms with van der Waals surface area (Å²) in [6.45, 7) is 6.55. The van der Waals surface area contributed by atoms with Crippen LogP contribution in [0.4, 0.5) is 11.6 Å². The van der Waals surface area contributed by atoms with Crippen LogP contribution >= 0.6 is 0 Å². The van der Waals surface area contributed by atoms with Crippen molar-refractivity contribution in [3.8, 4) is 0 Å². The minimum atomic E-state index is 0.0180. The van der Waals surface area contributed by atoms with Crippen LogP contribution in [0.3, 0.4) is 0 Å². The molecule has 1 fully saturated rings. The number of imidazole rings is 1. The Morgan fingerprint density at radius 2 is 2.07 bits per heavy atom. The summed E-state index contributed by atoms with van der Waals surface area (Å²) in [6, 6.07) is 0. The molecule has 1 amide bonds. The number of aryl methyl sites for hydroxylation is 1. The molecule has 1 atom stereocenters. The van der Waals surface area contributed by atoms with Crippen LogP contribution in [0.5, 0.6) is 0 Å². The first-order valence-corrected chi connectivity index (χ1v) is 9.61. The van der Waals surface area contributed by atoms with E-state index in [0.717, 1.165) is 48.8 Å². The molecule has 144 valence electrons. The predicted octanol–water partition coefficient (Wildman–Crippen LogP) is 1.80. The zero-order valence-electron chi connectivity index (χ0n) is 15.9. The third-order valence-corrected chi connectivity index (χ3v) is 5.53. The normalized spacial score (nSPS) is 20.5. The van der Waals surface area contributed by atoms with Gasteiger partial charge in [-0.3, -0.25) is 4.79 Å². The molecule has 4 rings (SSSR count). The van der Waals surface area contributed by atoms with E-state index in [4.69, 9.17) is 4.98 Å². The smallest absolute Gasteiger partial charge is 0.226 e. The minimum absolute atomic E-state index is 0.0180. The van der Waals surface area contributed by atoms with Crippen LogP contribution < -0.4 is 10.2 Å². The molecule has 0 spiro atoms. The average Bonchev–Trinajstić information content (AvgIpc) is 3.02. The maximum Gasteiger partial charge on any atom is 0.226 e. The molecule has 2 aromatic rings. The molecule has 8 nitrogen and oxygen atoms in total. The van der Waals surface area contributed by atoms with Crippen molar-refractivity contribution in [2.24, 2.45) is 0 Å². The van der Waals surface area contributed by atoms with Crippen LogP contribution in [-0.2, 0) is 11.3 Å². The van der Waals surface area contributed by atoms with Gasteiger partial charge in [0.25, 0.3) is 0 Å². The van der Waals surface area contributed by atoms with Crippen molar-refractivity contribution in [2.75, 3.05) is 29.9 Å². The number of aromatic nitrogens is 4. The largest absolute Gasteiger partial charge is 0.395 e. The van der Waals surface area contributed by atoms with E-state index in [9.17, 15) is 9.90 Å². The van der Waals surface area contributed by atoms with E-state index < -0.39 is 0 Å². The van der Waals surface area contributed by atoms with Gasteiger partial charge in [0.1, 0.15) is 23.8 Å². The highest BCUT2D eigenvalue weighted by molar-refractivity contribution is 5.94. The summed E-state index contributed by atoms with van der Waals surface area (Å²) < 4.78 is 2.08. The van der Waals surface area contributed by atoms with E-state index in [-0.39, 0.29) is 18.4 Å². The first kappa shape index (κ1) is 17.9. The topological polar surface area (TPSA) is 96.2 Å². The summed E-state index contributed by atoms with van der Waals surface area (Å²) in [6.07, 6.45) is 6.00. The lowest BCUT2D eigenvalue weighted by atomic mass is 9.92. The number of piperidine rings is 1. The fraction of sp³-hybridized carbons (Fsp3) is 0.579. The maximum atomic E-state index is 11.8. The van der Waals surface area contributed by atoms with Gasteiger partial charge in [0.2, 0.25) is 5.91 Å². The molecular formula is C19H26N6O2. The summed E-state index contributed by atoms with van der Waals surface area (Å²) in [5, 5.41) is 12.2. The molecule has 0 bridgehead atoms. The number of aliphatic hydroxyl groups is 1. The first-order valence-electron chi connectivity index (χ1n) is 9.61. The van der Waals surface area contributed by atoms with Gasteiger partial charge in [-0.25, -0.2) is 15.0 Å². The third-order valence-electron chi connectivity index (χ3n) is 5.53. The number of anilines is 2. The number of hydrogen-bond acceptors (Lipinski definition) is 6. The standard InChI is InChI=1S/C19H26N6O2/c1-12-9-15(27)23-17-16(12)19(21-11-20-17)24-5-3-14(4-6-24)18-22-13(2)10-25(18)7-8-26/h10-12,14,26H,3-9H2,1-2H3,(H,20,21,23,27). The van der Waals surface area contributed by atoms with E-state index in [1.165, 1.54) is 6.33 Å². The van der Waals surface area contributed by atoms with Gasteiger partial charge < -0.3 is 19.9 Å². The number of fused-ring (bicyclic) bond motifs is 1. The molecule has 0 radical (unpaired) electrons. The summed E-state index contributed by atoms with van der Waals surface area (Å²) in [7, 11) is 0. The third kappa shape index (κ3) is 3.41. The van der Waals surface area contributed by atoms with Crippen LogP contribution in [0.15, 0.2) is 12.5 Å². The lowest BCUT2D eigenvalue weighted by Crippen LogP contribution is -2.36. The Labute approximate surface area is 158 Å². The summed E-state index contributed by atoms with van der Waals surface area (Å²) in [5.41, 5.74) is 2.04. The van der Waals surface area contributed by atoms with Crippen LogP contribution in [0.2, 0.25) is 0 Å². The number of rotatable bonds is 4. The van der Waals surface area contributed by atoms with Crippen molar-refractivity contribution in [1.29, 1.82) is 0 Å². The average molecular weight is 370 g/mol. The van der Waals surface area contributed by atoms with Crippen LogP contribution in [0, 0.1) is 6.92 Å². The van der Waals surface area contributed by atoms with Gasteiger partial charge in [0, 0.05) is 43.7 Å². The number of carbonyl (C=O) groups excluding carboxylic acids is 1. The van der Waals surface area contributed by atoms with Crippen LogP contribution in [-0.4, -0.2) is 50.2 Å². The molecule has 2 aromatic heterocycles. The first-order chi connectivity index (χ1) is 13.1. The van der Waals surface area contributed by atoms with E-state index in [0.29, 0.717) is 24.7 Å².